The van der Waals surface area contributed by atoms with Crippen molar-refractivity contribution in [2.75, 3.05) is 32.7 Å². The number of amides is 1. The van der Waals surface area contributed by atoms with Gasteiger partial charge in [-0.2, -0.15) is 0 Å². The molecule has 29 heavy (non-hydrogen) atoms. The van der Waals surface area contributed by atoms with Crippen LogP contribution in [0.5, 0.6) is 5.75 Å². The number of methoxy groups -OCH3 is 2. The number of benzene rings is 2. The third-order valence-corrected chi connectivity index (χ3v) is 4.35. The molecule has 0 spiro atoms. The minimum atomic E-state index is -0.506. The summed E-state index contributed by atoms with van der Waals surface area (Å²) in [5, 5.41) is 6.87. The van der Waals surface area contributed by atoms with E-state index in [4.69, 9.17) is 14.2 Å². The predicted octanol–water partition coefficient (Wildman–Crippen LogP) is 3.73. The Morgan fingerprint density at radius 2 is 1.79 bits per heavy atom. The van der Waals surface area contributed by atoms with Crippen LogP contribution in [-0.4, -0.2) is 44.6 Å². The average molecular weight is 395 g/mol. The second-order valence-electron chi connectivity index (χ2n) is 6.27. The molecular weight excluding hydrogens is 370 g/mol. The molecule has 0 radical (unpaired) electrons. The van der Waals surface area contributed by atoms with Gasteiger partial charge in [0.2, 0.25) is 0 Å². The number of carbonyl (C=O) groups excluding carboxylic acids is 1. The van der Waals surface area contributed by atoms with Gasteiger partial charge in [0, 0.05) is 25.3 Å². The van der Waals surface area contributed by atoms with E-state index in [0.29, 0.717) is 18.0 Å². The van der Waals surface area contributed by atoms with Crippen LogP contribution in [0, 0.1) is 0 Å². The standard InChI is InChI=1S/C22H25N3O4/c1-4-29-16-11-9-15(10-12-16)24-20-13-18(17-7-5-6-8-19(17)25-20)22(26)23-14-21(27-2)28-3/h5-13,21H,4,14H2,1-3H3,(H,23,26)(H,24,25). The molecule has 0 aliphatic carbocycles. The molecule has 2 N–H and O–H groups in total. The number of carbonyl (C=O) groups is 1. The monoisotopic (exact) mass is 395 g/mol. The average Bonchev–Trinajstić information content (AvgIpc) is 2.75. The normalized spacial score (nSPS) is 10.9. The van der Waals surface area contributed by atoms with E-state index in [1.54, 1.807) is 6.07 Å². The highest BCUT2D eigenvalue weighted by molar-refractivity contribution is 6.07. The fourth-order valence-corrected chi connectivity index (χ4v) is 2.91. The number of aromatic nitrogens is 1. The lowest BCUT2D eigenvalue weighted by Gasteiger charge is -2.15. The molecule has 1 aromatic heterocycles. The summed E-state index contributed by atoms with van der Waals surface area (Å²) in [6.07, 6.45) is -0.506. The van der Waals surface area contributed by atoms with Gasteiger partial charge in [0.15, 0.2) is 6.29 Å². The summed E-state index contributed by atoms with van der Waals surface area (Å²) in [5.74, 6) is 1.15. The van der Waals surface area contributed by atoms with Crippen molar-refractivity contribution in [1.29, 1.82) is 0 Å². The number of ether oxygens (including phenoxy) is 3. The first kappa shape index (κ1) is 20.6. The van der Waals surface area contributed by atoms with Crippen LogP contribution in [0.2, 0.25) is 0 Å². The number of anilines is 2. The van der Waals surface area contributed by atoms with Gasteiger partial charge in [0.1, 0.15) is 11.6 Å². The van der Waals surface area contributed by atoms with Crippen LogP contribution in [0.1, 0.15) is 17.3 Å². The van der Waals surface area contributed by atoms with Gasteiger partial charge in [0.05, 0.1) is 24.2 Å². The summed E-state index contributed by atoms with van der Waals surface area (Å²) < 4.78 is 15.7. The summed E-state index contributed by atoms with van der Waals surface area (Å²) >= 11 is 0. The Kier molecular flexibility index (Phi) is 6.99. The second kappa shape index (κ2) is 9.86. The number of rotatable bonds is 9. The number of hydrogen-bond acceptors (Lipinski definition) is 6. The van der Waals surface area contributed by atoms with Gasteiger partial charge in [-0.05, 0) is 43.3 Å². The van der Waals surface area contributed by atoms with Crippen LogP contribution in [0.25, 0.3) is 10.9 Å². The molecule has 0 saturated carbocycles. The van der Waals surface area contributed by atoms with Gasteiger partial charge in [-0.3, -0.25) is 4.79 Å². The molecule has 0 atom stereocenters. The SMILES string of the molecule is CCOc1ccc(Nc2cc(C(=O)NCC(OC)OC)c3ccccc3n2)cc1. The number of para-hydroxylation sites is 1. The Morgan fingerprint density at radius 1 is 1.07 bits per heavy atom. The van der Waals surface area contributed by atoms with Gasteiger partial charge in [0.25, 0.3) is 5.91 Å². The lowest BCUT2D eigenvalue weighted by molar-refractivity contribution is -0.0974. The minimum absolute atomic E-state index is 0.225. The number of nitrogens with one attached hydrogen (secondary N) is 2. The van der Waals surface area contributed by atoms with E-state index in [9.17, 15) is 4.79 Å². The molecule has 3 rings (SSSR count). The predicted molar refractivity (Wildman–Crippen MR) is 113 cm³/mol. The maximum Gasteiger partial charge on any atom is 0.252 e. The highest BCUT2D eigenvalue weighted by Gasteiger charge is 2.15. The zero-order valence-electron chi connectivity index (χ0n) is 16.8. The molecule has 0 fully saturated rings. The van der Waals surface area contributed by atoms with Crippen molar-refractivity contribution in [3.05, 3.63) is 60.2 Å². The van der Waals surface area contributed by atoms with E-state index in [0.717, 1.165) is 22.3 Å². The van der Waals surface area contributed by atoms with E-state index < -0.39 is 6.29 Å². The largest absolute Gasteiger partial charge is 0.494 e. The number of hydrogen-bond donors (Lipinski definition) is 2. The maximum absolute atomic E-state index is 12.8. The van der Waals surface area contributed by atoms with Gasteiger partial charge < -0.3 is 24.8 Å². The molecule has 7 heteroatoms. The molecule has 0 aliphatic heterocycles. The van der Waals surface area contributed by atoms with Crippen molar-refractivity contribution >= 4 is 28.3 Å². The molecule has 152 valence electrons. The summed E-state index contributed by atoms with van der Waals surface area (Å²) in [7, 11) is 3.06. The Bertz CT molecular complexity index is 956. The van der Waals surface area contributed by atoms with Crippen molar-refractivity contribution < 1.29 is 19.0 Å². The molecule has 0 saturated heterocycles. The molecular formula is C22H25N3O4. The molecule has 0 unspecified atom stereocenters. The van der Waals surface area contributed by atoms with Crippen LogP contribution in [0.3, 0.4) is 0 Å². The minimum Gasteiger partial charge on any atom is -0.494 e. The van der Waals surface area contributed by atoms with Crippen molar-refractivity contribution in [3.63, 3.8) is 0 Å². The topological polar surface area (TPSA) is 81.7 Å². The van der Waals surface area contributed by atoms with E-state index >= 15 is 0 Å². The lowest BCUT2D eigenvalue weighted by Crippen LogP contribution is -2.34. The Morgan fingerprint density at radius 3 is 2.48 bits per heavy atom. The Labute approximate surface area is 170 Å². The maximum atomic E-state index is 12.8. The summed E-state index contributed by atoms with van der Waals surface area (Å²) in [4.78, 5) is 17.5. The first-order valence-corrected chi connectivity index (χ1v) is 9.38. The van der Waals surface area contributed by atoms with E-state index in [2.05, 4.69) is 15.6 Å². The third-order valence-electron chi connectivity index (χ3n) is 4.35. The fourth-order valence-electron chi connectivity index (χ4n) is 2.91. The molecule has 1 amide bonds. The summed E-state index contributed by atoms with van der Waals surface area (Å²) in [6.45, 7) is 2.80. The zero-order valence-corrected chi connectivity index (χ0v) is 16.8. The van der Waals surface area contributed by atoms with Crippen molar-refractivity contribution in [1.82, 2.24) is 10.3 Å². The molecule has 1 heterocycles. The van der Waals surface area contributed by atoms with E-state index in [1.165, 1.54) is 14.2 Å². The lowest BCUT2D eigenvalue weighted by atomic mass is 10.1. The smallest absolute Gasteiger partial charge is 0.252 e. The quantitative estimate of drug-likeness (QED) is 0.538. The van der Waals surface area contributed by atoms with Crippen LogP contribution in [-0.2, 0) is 9.47 Å². The van der Waals surface area contributed by atoms with E-state index in [-0.39, 0.29) is 12.5 Å². The molecule has 0 bridgehead atoms. The number of fused-ring (bicyclic) bond motifs is 1. The van der Waals surface area contributed by atoms with Crippen LogP contribution in [0.15, 0.2) is 54.6 Å². The summed E-state index contributed by atoms with van der Waals surface area (Å²) in [6, 6.07) is 16.9. The first-order chi connectivity index (χ1) is 14.1. The Balaban J connectivity index is 1.86. The first-order valence-electron chi connectivity index (χ1n) is 9.38. The van der Waals surface area contributed by atoms with E-state index in [1.807, 2.05) is 55.5 Å². The molecule has 7 nitrogen and oxygen atoms in total. The van der Waals surface area contributed by atoms with Crippen LogP contribution >= 0.6 is 0 Å². The number of nitrogens with zero attached hydrogens (tertiary/aromatic N) is 1. The van der Waals surface area contributed by atoms with Crippen LogP contribution < -0.4 is 15.4 Å². The third kappa shape index (κ3) is 5.22. The van der Waals surface area contributed by atoms with Gasteiger partial charge in [-0.1, -0.05) is 18.2 Å². The Hall–Kier alpha value is -3.16. The zero-order chi connectivity index (χ0) is 20.6. The molecule has 2 aromatic carbocycles. The molecule has 0 aliphatic rings. The second-order valence-corrected chi connectivity index (χ2v) is 6.27. The molecule has 3 aromatic rings. The van der Waals surface area contributed by atoms with Crippen molar-refractivity contribution in [2.45, 2.75) is 13.2 Å². The van der Waals surface area contributed by atoms with Gasteiger partial charge in [-0.25, -0.2) is 4.98 Å². The highest BCUT2D eigenvalue weighted by atomic mass is 16.7. The highest BCUT2D eigenvalue weighted by Crippen LogP contribution is 2.24. The van der Waals surface area contributed by atoms with Crippen molar-refractivity contribution in [2.24, 2.45) is 0 Å². The van der Waals surface area contributed by atoms with Gasteiger partial charge >= 0.3 is 0 Å². The van der Waals surface area contributed by atoms with Crippen molar-refractivity contribution in [3.8, 4) is 5.75 Å². The fraction of sp³-hybridized carbons (Fsp3) is 0.273. The number of pyridine rings is 1. The summed E-state index contributed by atoms with van der Waals surface area (Å²) in [5.41, 5.74) is 2.10. The van der Waals surface area contributed by atoms with Gasteiger partial charge in [-0.15, -0.1) is 0 Å². The van der Waals surface area contributed by atoms with Crippen LogP contribution in [0.4, 0.5) is 11.5 Å².